The quantitative estimate of drug-likeness (QED) is 0.258. The second-order valence-corrected chi connectivity index (χ2v) is 5.59. The summed E-state index contributed by atoms with van der Waals surface area (Å²) >= 11 is 0. The first kappa shape index (κ1) is 22.7. The van der Waals surface area contributed by atoms with Gasteiger partial charge in [0, 0.05) is 25.2 Å². The lowest BCUT2D eigenvalue weighted by Gasteiger charge is -2.12. The maximum Gasteiger partial charge on any atom is 0.192 e. The number of nitrogens with zero attached hydrogens (tertiary/aromatic N) is 4. The highest BCUT2D eigenvalue weighted by atomic mass is 127. The fraction of sp³-hybridized carbons (Fsp3) is 0.389. The molecule has 0 unspecified atom stereocenters. The SMILES string of the molecule is C=CCNC(=NCc1ccc(OC)cc1OC)NCc1nnc(C)n1C.I. The van der Waals surface area contributed by atoms with Crippen LogP contribution in [0.2, 0.25) is 0 Å². The Hall–Kier alpha value is -2.30. The van der Waals surface area contributed by atoms with Crippen LogP contribution in [0, 0.1) is 6.92 Å². The zero-order chi connectivity index (χ0) is 18.9. The minimum absolute atomic E-state index is 0. The van der Waals surface area contributed by atoms with E-state index in [1.807, 2.05) is 36.7 Å². The molecule has 2 aromatic rings. The van der Waals surface area contributed by atoms with E-state index in [-0.39, 0.29) is 24.0 Å². The smallest absolute Gasteiger partial charge is 0.192 e. The van der Waals surface area contributed by atoms with E-state index in [1.54, 1.807) is 20.3 Å². The highest BCUT2D eigenvalue weighted by Gasteiger charge is 2.08. The van der Waals surface area contributed by atoms with Gasteiger partial charge in [-0.1, -0.05) is 6.08 Å². The summed E-state index contributed by atoms with van der Waals surface area (Å²) in [6.07, 6.45) is 1.78. The number of ether oxygens (including phenoxy) is 2. The molecule has 0 saturated carbocycles. The van der Waals surface area contributed by atoms with Gasteiger partial charge in [-0.3, -0.25) is 0 Å². The van der Waals surface area contributed by atoms with Crippen molar-refractivity contribution >= 4 is 29.9 Å². The molecule has 1 heterocycles. The number of aliphatic imine (C=N–C) groups is 1. The van der Waals surface area contributed by atoms with Crippen LogP contribution in [0.3, 0.4) is 0 Å². The second kappa shape index (κ2) is 11.4. The Bertz CT molecular complexity index is 775. The van der Waals surface area contributed by atoms with E-state index in [0.29, 0.717) is 25.6 Å². The number of aryl methyl sites for hydroxylation is 1. The van der Waals surface area contributed by atoms with E-state index < -0.39 is 0 Å². The van der Waals surface area contributed by atoms with Gasteiger partial charge < -0.3 is 24.7 Å². The zero-order valence-corrected chi connectivity index (χ0v) is 18.5. The number of halogens is 1. The summed E-state index contributed by atoms with van der Waals surface area (Å²) in [4.78, 5) is 4.62. The van der Waals surface area contributed by atoms with Gasteiger partial charge >= 0.3 is 0 Å². The van der Waals surface area contributed by atoms with E-state index >= 15 is 0 Å². The molecular weight excluding hydrogens is 459 g/mol. The van der Waals surface area contributed by atoms with Gasteiger partial charge in [-0.15, -0.1) is 40.8 Å². The Morgan fingerprint density at radius 2 is 2.04 bits per heavy atom. The first-order valence-corrected chi connectivity index (χ1v) is 8.27. The van der Waals surface area contributed by atoms with Gasteiger partial charge in [-0.2, -0.15) is 0 Å². The van der Waals surface area contributed by atoms with Crippen LogP contribution in [0.4, 0.5) is 0 Å². The summed E-state index contributed by atoms with van der Waals surface area (Å²) in [6.45, 7) is 7.21. The number of nitrogens with one attached hydrogen (secondary N) is 2. The van der Waals surface area contributed by atoms with Gasteiger partial charge in [-0.05, 0) is 19.1 Å². The minimum atomic E-state index is 0. The van der Waals surface area contributed by atoms with E-state index in [4.69, 9.17) is 9.47 Å². The lowest BCUT2D eigenvalue weighted by atomic mass is 10.2. The van der Waals surface area contributed by atoms with Crippen molar-refractivity contribution in [3.05, 3.63) is 48.1 Å². The van der Waals surface area contributed by atoms with Crippen LogP contribution >= 0.6 is 24.0 Å². The standard InChI is InChI=1S/C18H26N6O2.HI/c1-6-9-19-18(21-12-17-23-22-13(2)24(17)3)20-11-14-7-8-15(25-4)10-16(14)26-5;/h6-8,10H,1,9,11-12H2,2-5H3,(H2,19,20,21);1H. The highest BCUT2D eigenvalue weighted by molar-refractivity contribution is 14.0. The lowest BCUT2D eigenvalue weighted by molar-refractivity contribution is 0.391. The maximum absolute atomic E-state index is 5.42. The normalized spacial score (nSPS) is 10.7. The fourth-order valence-corrected chi connectivity index (χ4v) is 2.26. The van der Waals surface area contributed by atoms with Crippen LogP contribution in [-0.2, 0) is 20.1 Å². The predicted octanol–water partition coefficient (Wildman–Crippen LogP) is 2.18. The summed E-state index contributed by atoms with van der Waals surface area (Å²) < 4.78 is 12.6. The minimum Gasteiger partial charge on any atom is -0.497 e. The molecule has 1 aromatic heterocycles. The van der Waals surface area contributed by atoms with Crippen molar-refractivity contribution in [1.29, 1.82) is 0 Å². The maximum atomic E-state index is 5.42. The highest BCUT2D eigenvalue weighted by Crippen LogP contribution is 2.25. The molecule has 0 fully saturated rings. The van der Waals surface area contributed by atoms with Crippen molar-refractivity contribution in [2.75, 3.05) is 20.8 Å². The molecule has 8 nitrogen and oxygen atoms in total. The third kappa shape index (κ3) is 6.42. The van der Waals surface area contributed by atoms with Gasteiger partial charge in [0.1, 0.15) is 17.3 Å². The number of rotatable bonds is 8. The number of guanidine groups is 1. The Balaban J connectivity index is 0.00000364. The van der Waals surface area contributed by atoms with Crippen LogP contribution in [0.1, 0.15) is 17.2 Å². The van der Waals surface area contributed by atoms with Gasteiger partial charge in [0.05, 0.1) is 27.3 Å². The molecule has 0 amide bonds. The van der Waals surface area contributed by atoms with Crippen LogP contribution in [0.25, 0.3) is 0 Å². The van der Waals surface area contributed by atoms with Gasteiger partial charge in [-0.25, -0.2) is 4.99 Å². The molecule has 1 aromatic carbocycles. The monoisotopic (exact) mass is 486 g/mol. The van der Waals surface area contributed by atoms with E-state index in [9.17, 15) is 0 Å². The van der Waals surface area contributed by atoms with E-state index in [2.05, 4.69) is 32.4 Å². The van der Waals surface area contributed by atoms with E-state index in [1.165, 1.54) is 0 Å². The van der Waals surface area contributed by atoms with Crippen LogP contribution in [-0.4, -0.2) is 41.5 Å². The third-order valence-electron chi connectivity index (χ3n) is 3.91. The average Bonchev–Trinajstić information content (AvgIpc) is 2.99. The van der Waals surface area contributed by atoms with Crippen molar-refractivity contribution < 1.29 is 9.47 Å². The van der Waals surface area contributed by atoms with E-state index in [0.717, 1.165) is 28.7 Å². The second-order valence-electron chi connectivity index (χ2n) is 5.59. The first-order valence-electron chi connectivity index (χ1n) is 8.27. The molecule has 0 spiro atoms. The van der Waals surface area contributed by atoms with Crippen molar-refractivity contribution in [3.63, 3.8) is 0 Å². The van der Waals surface area contributed by atoms with Crippen molar-refractivity contribution in [2.45, 2.75) is 20.0 Å². The summed E-state index contributed by atoms with van der Waals surface area (Å²) in [5, 5.41) is 14.7. The molecule has 0 atom stereocenters. The van der Waals surface area contributed by atoms with Gasteiger partial charge in [0.2, 0.25) is 0 Å². The summed E-state index contributed by atoms with van der Waals surface area (Å²) in [5.41, 5.74) is 0.961. The fourth-order valence-electron chi connectivity index (χ4n) is 2.26. The zero-order valence-electron chi connectivity index (χ0n) is 16.2. The van der Waals surface area contributed by atoms with Crippen molar-refractivity contribution in [1.82, 2.24) is 25.4 Å². The molecule has 0 aliphatic heterocycles. The molecular formula is C18H27IN6O2. The molecule has 2 rings (SSSR count). The van der Waals surface area contributed by atoms with Crippen molar-refractivity contribution in [3.8, 4) is 11.5 Å². The summed E-state index contributed by atoms with van der Waals surface area (Å²) in [6, 6.07) is 5.68. The number of methoxy groups -OCH3 is 2. The number of aromatic nitrogens is 3. The van der Waals surface area contributed by atoms with Gasteiger partial charge in [0.15, 0.2) is 11.8 Å². The third-order valence-corrected chi connectivity index (χ3v) is 3.91. The molecule has 0 aliphatic rings. The van der Waals surface area contributed by atoms with Crippen LogP contribution < -0.4 is 20.1 Å². The Morgan fingerprint density at radius 1 is 1.26 bits per heavy atom. The first-order chi connectivity index (χ1) is 12.6. The number of hydrogen-bond acceptors (Lipinski definition) is 5. The van der Waals surface area contributed by atoms with Gasteiger partial charge in [0.25, 0.3) is 0 Å². The average molecular weight is 486 g/mol. The lowest BCUT2D eigenvalue weighted by Crippen LogP contribution is -2.37. The van der Waals surface area contributed by atoms with Crippen LogP contribution in [0.5, 0.6) is 11.5 Å². The summed E-state index contributed by atoms with van der Waals surface area (Å²) in [7, 11) is 5.19. The Kier molecular flexibility index (Phi) is 9.62. The van der Waals surface area contributed by atoms with Crippen LogP contribution in [0.15, 0.2) is 35.8 Å². The molecule has 27 heavy (non-hydrogen) atoms. The molecule has 148 valence electrons. The molecule has 9 heteroatoms. The number of hydrogen-bond donors (Lipinski definition) is 2. The molecule has 2 N–H and O–H groups in total. The molecule has 0 aliphatic carbocycles. The Labute approximate surface area is 177 Å². The Morgan fingerprint density at radius 3 is 2.63 bits per heavy atom. The molecule has 0 bridgehead atoms. The largest absolute Gasteiger partial charge is 0.497 e. The molecule has 0 radical (unpaired) electrons. The van der Waals surface area contributed by atoms with Crippen molar-refractivity contribution in [2.24, 2.45) is 12.0 Å². The number of benzene rings is 1. The topological polar surface area (TPSA) is 85.6 Å². The summed E-state index contributed by atoms with van der Waals surface area (Å²) in [5.74, 6) is 3.83. The molecule has 0 saturated heterocycles. The predicted molar refractivity (Wildman–Crippen MR) is 117 cm³/mol.